The fourth-order valence-corrected chi connectivity index (χ4v) is 3.29. The molecule has 1 aliphatic heterocycles. The van der Waals surface area contributed by atoms with E-state index in [2.05, 4.69) is 18.7 Å². The van der Waals surface area contributed by atoms with Crippen molar-refractivity contribution in [3.05, 3.63) is 30.5 Å². The number of carbonyl (C=O) groups excluding carboxylic acids is 1. The summed E-state index contributed by atoms with van der Waals surface area (Å²) >= 11 is 0. The summed E-state index contributed by atoms with van der Waals surface area (Å²) < 4.78 is 8.13. The SMILES string of the molecule is CC(C)N1CCC(Oc2cccc3c2ccn3CC(N)=O)CC1. The number of piperidine rings is 1. The maximum atomic E-state index is 11.2. The minimum Gasteiger partial charge on any atom is -0.490 e. The molecule has 0 atom stereocenters. The minimum atomic E-state index is -0.338. The van der Waals surface area contributed by atoms with Gasteiger partial charge in [-0.2, -0.15) is 0 Å². The number of ether oxygens (including phenoxy) is 1. The first-order valence-electron chi connectivity index (χ1n) is 8.31. The molecule has 5 heteroatoms. The molecular formula is C18H25N3O2. The fourth-order valence-electron chi connectivity index (χ4n) is 3.29. The van der Waals surface area contributed by atoms with Crippen molar-refractivity contribution in [2.24, 2.45) is 5.73 Å². The molecule has 2 heterocycles. The summed E-state index contributed by atoms with van der Waals surface area (Å²) in [6, 6.07) is 8.57. The van der Waals surface area contributed by atoms with E-state index in [4.69, 9.17) is 10.5 Å². The lowest BCUT2D eigenvalue weighted by molar-refractivity contribution is -0.118. The average molecular weight is 315 g/mol. The highest BCUT2D eigenvalue weighted by Gasteiger charge is 2.22. The van der Waals surface area contributed by atoms with E-state index in [1.807, 2.05) is 35.0 Å². The smallest absolute Gasteiger partial charge is 0.237 e. The topological polar surface area (TPSA) is 60.5 Å². The Morgan fingerprint density at radius 2 is 2.04 bits per heavy atom. The van der Waals surface area contributed by atoms with Crippen LogP contribution >= 0.6 is 0 Å². The number of nitrogens with zero attached hydrogens (tertiary/aromatic N) is 2. The Kier molecular flexibility index (Phi) is 4.57. The summed E-state index contributed by atoms with van der Waals surface area (Å²) in [4.78, 5) is 13.7. The number of fused-ring (bicyclic) bond motifs is 1. The van der Waals surface area contributed by atoms with E-state index < -0.39 is 0 Å². The lowest BCUT2D eigenvalue weighted by Crippen LogP contribution is -2.41. The van der Waals surface area contributed by atoms with Gasteiger partial charge in [-0.3, -0.25) is 4.79 Å². The number of hydrogen-bond donors (Lipinski definition) is 1. The highest BCUT2D eigenvalue weighted by atomic mass is 16.5. The predicted octanol–water partition coefficient (Wildman–Crippen LogP) is 2.38. The number of hydrogen-bond acceptors (Lipinski definition) is 3. The van der Waals surface area contributed by atoms with Crippen LogP contribution in [0.2, 0.25) is 0 Å². The molecule has 0 saturated carbocycles. The van der Waals surface area contributed by atoms with Crippen molar-refractivity contribution < 1.29 is 9.53 Å². The van der Waals surface area contributed by atoms with Gasteiger partial charge < -0.3 is 19.9 Å². The number of benzene rings is 1. The zero-order valence-electron chi connectivity index (χ0n) is 13.9. The molecular weight excluding hydrogens is 290 g/mol. The zero-order valence-corrected chi connectivity index (χ0v) is 13.9. The third-order valence-corrected chi connectivity index (χ3v) is 4.60. The fraction of sp³-hybridized carbons (Fsp3) is 0.500. The number of primary amides is 1. The van der Waals surface area contributed by atoms with Gasteiger partial charge in [0.1, 0.15) is 18.4 Å². The molecule has 0 aliphatic carbocycles. The van der Waals surface area contributed by atoms with Crippen LogP contribution in [0.4, 0.5) is 0 Å². The van der Waals surface area contributed by atoms with Gasteiger partial charge in [0.15, 0.2) is 0 Å². The van der Waals surface area contributed by atoms with Crippen LogP contribution in [0.5, 0.6) is 5.75 Å². The monoisotopic (exact) mass is 315 g/mol. The molecule has 3 rings (SSSR count). The molecule has 124 valence electrons. The minimum absolute atomic E-state index is 0.194. The Hall–Kier alpha value is -2.01. The molecule has 0 unspecified atom stereocenters. The summed E-state index contributed by atoms with van der Waals surface area (Å²) in [6.07, 6.45) is 4.26. The third kappa shape index (κ3) is 3.50. The van der Waals surface area contributed by atoms with Crippen molar-refractivity contribution in [3.8, 4) is 5.75 Å². The van der Waals surface area contributed by atoms with Crippen LogP contribution in [0, 0.1) is 0 Å². The molecule has 5 nitrogen and oxygen atoms in total. The van der Waals surface area contributed by atoms with Gasteiger partial charge in [-0.05, 0) is 44.9 Å². The number of amides is 1. The van der Waals surface area contributed by atoms with Gasteiger partial charge >= 0.3 is 0 Å². The standard InChI is InChI=1S/C18H25N3O2/c1-13(2)20-9-6-14(7-10-20)23-17-5-3-4-16-15(17)8-11-21(16)12-18(19)22/h3-5,8,11,13-14H,6-7,9-10,12H2,1-2H3,(H2,19,22). The summed E-state index contributed by atoms with van der Waals surface area (Å²) in [5, 5.41) is 1.04. The molecule has 1 saturated heterocycles. The molecule has 1 aromatic heterocycles. The maximum Gasteiger partial charge on any atom is 0.237 e. The molecule has 2 N–H and O–H groups in total. The van der Waals surface area contributed by atoms with E-state index in [1.54, 1.807) is 0 Å². The first-order valence-corrected chi connectivity index (χ1v) is 8.31. The van der Waals surface area contributed by atoms with Crippen LogP contribution in [-0.4, -0.2) is 40.6 Å². The van der Waals surface area contributed by atoms with E-state index in [0.717, 1.165) is 42.6 Å². The Labute approximate surface area is 137 Å². The molecule has 23 heavy (non-hydrogen) atoms. The van der Waals surface area contributed by atoms with Crippen LogP contribution in [0.15, 0.2) is 30.5 Å². The predicted molar refractivity (Wildman–Crippen MR) is 91.5 cm³/mol. The first-order chi connectivity index (χ1) is 11.0. The van der Waals surface area contributed by atoms with Crippen molar-refractivity contribution in [2.75, 3.05) is 13.1 Å². The highest BCUT2D eigenvalue weighted by Crippen LogP contribution is 2.29. The normalized spacial score (nSPS) is 17.0. The summed E-state index contributed by atoms with van der Waals surface area (Å²) in [5.74, 6) is 0.559. The zero-order chi connectivity index (χ0) is 16.4. The quantitative estimate of drug-likeness (QED) is 0.921. The van der Waals surface area contributed by atoms with E-state index in [0.29, 0.717) is 6.04 Å². The third-order valence-electron chi connectivity index (χ3n) is 4.60. The second kappa shape index (κ2) is 6.62. The lowest BCUT2D eigenvalue weighted by atomic mass is 10.1. The molecule has 1 amide bonds. The Bertz CT molecular complexity index is 685. The van der Waals surface area contributed by atoms with Crippen LogP contribution in [-0.2, 0) is 11.3 Å². The van der Waals surface area contributed by atoms with Crippen molar-refractivity contribution in [1.29, 1.82) is 0 Å². The second-order valence-corrected chi connectivity index (χ2v) is 6.55. The van der Waals surface area contributed by atoms with Gasteiger partial charge in [-0.1, -0.05) is 6.07 Å². The van der Waals surface area contributed by atoms with Crippen LogP contribution in [0.25, 0.3) is 10.9 Å². The Morgan fingerprint density at radius 3 is 2.70 bits per heavy atom. The maximum absolute atomic E-state index is 11.2. The van der Waals surface area contributed by atoms with Crippen LogP contribution in [0.3, 0.4) is 0 Å². The van der Waals surface area contributed by atoms with E-state index in [1.165, 1.54) is 0 Å². The number of aromatic nitrogens is 1. The van der Waals surface area contributed by atoms with Gasteiger partial charge in [-0.25, -0.2) is 0 Å². The number of likely N-dealkylation sites (tertiary alicyclic amines) is 1. The molecule has 1 aliphatic rings. The largest absolute Gasteiger partial charge is 0.490 e. The molecule has 0 radical (unpaired) electrons. The van der Waals surface area contributed by atoms with Crippen molar-refractivity contribution >= 4 is 16.8 Å². The van der Waals surface area contributed by atoms with Crippen LogP contribution in [0.1, 0.15) is 26.7 Å². The Balaban J connectivity index is 1.74. The molecule has 1 aromatic carbocycles. The van der Waals surface area contributed by atoms with E-state index in [-0.39, 0.29) is 18.6 Å². The molecule has 2 aromatic rings. The van der Waals surface area contributed by atoms with E-state index in [9.17, 15) is 4.79 Å². The van der Waals surface area contributed by atoms with E-state index >= 15 is 0 Å². The van der Waals surface area contributed by atoms with Crippen LogP contribution < -0.4 is 10.5 Å². The van der Waals surface area contributed by atoms with Crippen molar-refractivity contribution in [2.45, 2.75) is 45.4 Å². The summed E-state index contributed by atoms with van der Waals surface area (Å²) in [7, 11) is 0. The van der Waals surface area contributed by atoms with Gasteiger partial charge in [0.05, 0.1) is 5.52 Å². The summed E-state index contributed by atoms with van der Waals surface area (Å²) in [6.45, 7) is 6.84. The molecule has 0 spiro atoms. The van der Waals surface area contributed by atoms with Gasteiger partial charge in [0, 0.05) is 30.7 Å². The molecule has 0 bridgehead atoms. The number of carbonyl (C=O) groups is 1. The highest BCUT2D eigenvalue weighted by molar-refractivity contribution is 5.87. The first kappa shape index (κ1) is 15.9. The van der Waals surface area contributed by atoms with Gasteiger partial charge in [-0.15, -0.1) is 0 Å². The summed E-state index contributed by atoms with van der Waals surface area (Å²) in [5.41, 5.74) is 6.29. The Morgan fingerprint density at radius 1 is 1.30 bits per heavy atom. The van der Waals surface area contributed by atoms with Crippen molar-refractivity contribution in [1.82, 2.24) is 9.47 Å². The van der Waals surface area contributed by atoms with Crippen molar-refractivity contribution in [3.63, 3.8) is 0 Å². The molecule has 1 fully saturated rings. The lowest BCUT2D eigenvalue weighted by Gasteiger charge is -2.34. The number of nitrogens with two attached hydrogens (primary N) is 1. The number of rotatable bonds is 5. The van der Waals surface area contributed by atoms with Gasteiger partial charge in [0.25, 0.3) is 0 Å². The van der Waals surface area contributed by atoms with Gasteiger partial charge in [0.2, 0.25) is 5.91 Å². The average Bonchev–Trinajstić information content (AvgIpc) is 2.91. The second-order valence-electron chi connectivity index (χ2n) is 6.55.